The quantitative estimate of drug-likeness (QED) is 0.831. The minimum absolute atomic E-state index is 0.00568. The van der Waals surface area contributed by atoms with E-state index in [4.69, 9.17) is 10.5 Å². The molecule has 5 heteroatoms. The number of nitrogens with two attached hydrogens (primary N) is 1. The van der Waals surface area contributed by atoms with E-state index >= 15 is 0 Å². The number of likely N-dealkylation sites (tertiary alicyclic amines) is 1. The summed E-state index contributed by atoms with van der Waals surface area (Å²) in [6, 6.07) is 8.17. The number of ether oxygens (including phenoxy) is 1. The summed E-state index contributed by atoms with van der Waals surface area (Å²) in [5.41, 5.74) is 9.04. The lowest BCUT2D eigenvalue weighted by Gasteiger charge is -2.33. The highest BCUT2D eigenvalue weighted by atomic mass is 16.5. The van der Waals surface area contributed by atoms with Crippen LogP contribution in [0, 0.1) is 5.41 Å². The molecule has 5 nitrogen and oxygen atoms in total. The number of carbonyl (C=O) groups is 1. The summed E-state index contributed by atoms with van der Waals surface area (Å²) in [6.07, 6.45) is 4.08. The van der Waals surface area contributed by atoms with Gasteiger partial charge in [0.05, 0.1) is 12.1 Å². The summed E-state index contributed by atoms with van der Waals surface area (Å²) in [4.78, 5) is 14.6. The SMILES string of the molecule is N[C@@H]1c2ccccc2C[C@H]1NC(=O)N1CCC2(CCOCC2)C1. The number of hydrogen-bond acceptors (Lipinski definition) is 3. The predicted octanol–water partition coefficient (Wildman–Crippen LogP) is 1.82. The molecule has 2 amide bonds. The maximum Gasteiger partial charge on any atom is 0.317 e. The van der Waals surface area contributed by atoms with E-state index in [9.17, 15) is 4.79 Å². The highest BCUT2D eigenvalue weighted by Gasteiger charge is 2.41. The van der Waals surface area contributed by atoms with E-state index in [2.05, 4.69) is 17.4 Å². The maximum atomic E-state index is 12.7. The molecule has 2 fully saturated rings. The highest BCUT2D eigenvalue weighted by Crippen LogP contribution is 2.39. The molecule has 3 N–H and O–H groups in total. The van der Waals surface area contributed by atoms with Crippen molar-refractivity contribution in [2.24, 2.45) is 11.1 Å². The Bertz CT molecular complexity index is 598. The molecule has 1 aromatic rings. The van der Waals surface area contributed by atoms with Gasteiger partial charge >= 0.3 is 6.03 Å². The molecule has 2 aliphatic heterocycles. The molecule has 1 spiro atoms. The summed E-state index contributed by atoms with van der Waals surface area (Å²) < 4.78 is 5.47. The second-order valence-corrected chi connectivity index (χ2v) is 7.27. The third-order valence-corrected chi connectivity index (χ3v) is 5.88. The van der Waals surface area contributed by atoms with Crippen LogP contribution in [0.15, 0.2) is 24.3 Å². The summed E-state index contributed by atoms with van der Waals surface area (Å²) in [5, 5.41) is 3.17. The van der Waals surface area contributed by atoms with Crippen molar-refractivity contribution in [2.45, 2.75) is 37.8 Å². The van der Waals surface area contributed by atoms with Crippen molar-refractivity contribution in [3.8, 4) is 0 Å². The van der Waals surface area contributed by atoms with Crippen LogP contribution in [0.5, 0.6) is 0 Å². The normalized spacial score (nSPS) is 28.8. The Morgan fingerprint density at radius 2 is 2.04 bits per heavy atom. The van der Waals surface area contributed by atoms with E-state index in [1.165, 1.54) is 11.1 Å². The van der Waals surface area contributed by atoms with Gasteiger partial charge in [-0.1, -0.05) is 24.3 Å². The molecule has 2 saturated heterocycles. The Balaban J connectivity index is 1.38. The van der Waals surface area contributed by atoms with E-state index in [1.807, 2.05) is 17.0 Å². The monoisotopic (exact) mass is 315 g/mol. The van der Waals surface area contributed by atoms with Crippen molar-refractivity contribution in [3.05, 3.63) is 35.4 Å². The van der Waals surface area contributed by atoms with Crippen LogP contribution in [0.1, 0.15) is 36.4 Å². The lowest BCUT2D eigenvalue weighted by atomic mass is 9.80. The van der Waals surface area contributed by atoms with Crippen LogP contribution in [-0.2, 0) is 11.2 Å². The van der Waals surface area contributed by atoms with Crippen molar-refractivity contribution in [3.63, 3.8) is 0 Å². The molecule has 0 bridgehead atoms. The fourth-order valence-electron chi connectivity index (χ4n) is 4.34. The first kappa shape index (κ1) is 15.0. The lowest BCUT2D eigenvalue weighted by Crippen LogP contribution is -2.47. The van der Waals surface area contributed by atoms with Crippen LogP contribution < -0.4 is 11.1 Å². The van der Waals surface area contributed by atoms with Crippen LogP contribution >= 0.6 is 0 Å². The predicted molar refractivity (Wildman–Crippen MR) is 88.1 cm³/mol. The van der Waals surface area contributed by atoms with Gasteiger partial charge in [-0.2, -0.15) is 0 Å². The molecule has 23 heavy (non-hydrogen) atoms. The molecule has 0 unspecified atom stereocenters. The molecule has 3 aliphatic rings. The molecule has 2 heterocycles. The number of nitrogens with zero attached hydrogens (tertiary/aromatic N) is 1. The highest BCUT2D eigenvalue weighted by molar-refractivity contribution is 5.75. The maximum absolute atomic E-state index is 12.7. The van der Waals surface area contributed by atoms with Crippen molar-refractivity contribution >= 4 is 6.03 Å². The van der Waals surface area contributed by atoms with Gasteiger partial charge in [-0.3, -0.25) is 0 Å². The fourth-order valence-corrected chi connectivity index (χ4v) is 4.34. The van der Waals surface area contributed by atoms with E-state index in [-0.39, 0.29) is 23.5 Å². The standard InChI is InChI=1S/C18H25N3O2/c19-16-14-4-2-1-3-13(14)11-15(16)20-17(22)21-8-5-18(12-21)6-9-23-10-7-18/h1-4,15-16H,5-12,19H2,(H,20,22)/t15-,16-/m1/s1. The van der Waals surface area contributed by atoms with Crippen molar-refractivity contribution in [1.29, 1.82) is 0 Å². The van der Waals surface area contributed by atoms with Gasteiger partial charge in [0.2, 0.25) is 0 Å². The molecule has 0 saturated carbocycles. The van der Waals surface area contributed by atoms with Gasteiger partial charge in [0.25, 0.3) is 0 Å². The zero-order valence-electron chi connectivity index (χ0n) is 13.5. The van der Waals surface area contributed by atoms with Crippen LogP contribution in [0.4, 0.5) is 4.79 Å². The Morgan fingerprint density at radius 3 is 2.83 bits per heavy atom. The summed E-state index contributed by atoms with van der Waals surface area (Å²) in [6.45, 7) is 3.37. The molecular formula is C18H25N3O2. The Morgan fingerprint density at radius 1 is 1.26 bits per heavy atom. The van der Waals surface area contributed by atoms with Gasteiger partial charge in [-0.15, -0.1) is 0 Å². The first-order valence-electron chi connectivity index (χ1n) is 8.63. The number of urea groups is 1. The van der Waals surface area contributed by atoms with Gasteiger partial charge < -0.3 is 20.7 Å². The zero-order chi connectivity index (χ0) is 15.9. The van der Waals surface area contributed by atoms with Crippen molar-refractivity contribution < 1.29 is 9.53 Å². The van der Waals surface area contributed by atoms with Gasteiger partial charge in [0, 0.05) is 26.3 Å². The largest absolute Gasteiger partial charge is 0.381 e. The number of fused-ring (bicyclic) bond motifs is 1. The third kappa shape index (κ3) is 2.72. The molecule has 0 aromatic heterocycles. The van der Waals surface area contributed by atoms with E-state index in [0.29, 0.717) is 0 Å². The van der Waals surface area contributed by atoms with Crippen molar-refractivity contribution in [2.75, 3.05) is 26.3 Å². The molecule has 2 atom stereocenters. The van der Waals surface area contributed by atoms with E-state index in [0.717, 1.165) is 52.0 Å². The van der Waals surface area contributed by atoms with E-state index in [1.54, 1.807) is 0 Å². The molecule has 1 aliphatic carbocycles. The summed E-state index contributed by atoms with van der Waals surface area (Å²) in [5.74, 6) is 0. The lowest BCUT2D eigenvalue weighted by molar-refractivity contribution is 0.0208. The van der Waals surface area contributed by atoms with E-state index < -0.39 is 0 Å². The minimum atomic E-state index is -0.102. The third-order valence-electron chi connectivity index (χ3n) is 5.88. The Kier molecular flexibility index (Phi) is 3.77. The first-order valence-corrected chi connectivity index (χ1v) is 8.63. The average molecular weight is 315 g/mol. The van der Waals surface area contributed by atoms with Gasteiger partial charge in [0.1, 0.15) is 0 Å². The fraction of sp³-hybridized carbons (Fsp3) is 0.611. The number of amides is 2. The van der Waals surface area contributed by atoms with Gasteiger partial charge in [0.15, 0.2) is 0 Å². The smallest absolute Gasteiger partial charge is 0.317 e. The molecule has 4 rings (SSSR count). The number of carbonyl (C=O) groups excluding carboxylic acids is 1. The molecular weight excluding hydrogens is 290 g/mol. The molecule has 124 valence electrons. The van der Waals surface area contributed by atoms with Crippen LogP contribution in [0.2, 0.25) is 0 Å². The van der Waals surface area contributed by atoms with Gasteiger partial charge in [-0.05, 0) is 42.2 Å². The number of benzene rings is 1. The Labute approximate surface area is 137 Å². The topological polar surface area (TPSA) is 67.6 Å². The second kappa shape index (κ2) is 5.80. The molecule has 1 aromatic carbocycles. The Hall–Kier alpha value is -1.59. The summed E-state index contributed by atoms with van der Waals surface area (Å²) >= 11 is 0. The van der Waals surface area contributed by atoms with Crippen molar-refractivity contribution in [1.82, 2.24) is 10.2 Å². The van der Waals surface area contributed by atoms with Crippen LogP contribution in [0.25, 0.3) is 0 Å². The van der Waals surface area contributed by atoms with Gasteiger partial charge in [-0.25, -0.2) is 4.79 Å². The number of rotatable bonds is 1. The minimum Gasteiger partial charge on any atom is -0.381 e. The van der Waals surface area contributed by atoms with Crippen LogP contribution in [0.3, 0.4) is 0 Å². The second-order valence-electron chi connectivity index (χ2n) is 7.27. The van der Waals surface area contributed by atoms with Crippen LogP contribution in [-0.4, -0.2) is 43.3 Å². The number of nitrogens with one attached hydrogen (secondary N) is 1. The first-order chi connectivity index (χ1) is 11.2. The number of hydrogen-bond donors (Lipinski definition) is 2. The molecule has 0 radical (unpaired) electrons. The summed E-state index contributed by atoms with van der Waals surface area (Å²) in [7, 11) is 0. The zero-order valence-corrected chi connectivity index (χ0v) is 13.5. The average Bonchev–Trinajstić information content (AvgIpc) is 3.11.